The van der Waals surface area contributed by atoms with Gasteiger partial charge in [0.15, 0.2) is 0 Å². The second-order valence-electron chi connectivity index (χ2n) is 3.16. The summed E-state index contributed by atoms with van der Waals surface area (Å²) in [4.78, 5) is 21.8. The lowest BCUT2D eigenvalue weighted by Crippen LogP contribution is -2.26. The number of carbonyl (C=O) groups excluding carboxylic acids is 2. The van der Waals surface area contributed by atoms with Crippen molar-refractivity contribution in [3.63, 3.8) is 0 Å². The first-order valence-electron chi connectivity index (χ1n) is 4.69. The van der Waals surface area contributed by atoms with Gasteiger partial charge in [-0.25, -0.2) is 0 Å². The fraction of sp³-hybridized carbons (Fsp3) is 0.167. The van der Waals surface area contributed by atoms with Crippen LogP contribution in [-0.4, -0.2) is 18.2 Å². The van der Waals surface area contributed by atoms with Crippen molar-refractivity contribution < 1.29 is 9.59 Å². The van der Waals surface area contributed by atoms with E-state index in [1.165, 1.54) is 13.0 Å². The molecule has 1 rings (SSSR count). The molecule has 0 spiro atoms. The fourth-order valence-electron chi connectivity index (χ4n) is 1.01. The van der Waals surface area contributed by atoms with Crippen LogP contribution in [0.5, 0.6) is 0 Å². The van der Waals surface area contributed by atoms with E-state index in [0.29, 0.717) is 0 Å². The molecule has 0 aromatic heterocycles. The van der Waals surface area contributed by atoms with Gasteiger partial charge in [-0.05, 0) is 18.6 Å². The molecular weight excluding hydrogens is 190 g/mol. The average Bonchev–Trinajstić information content (AvgIpc) is 2.25. The monoisotopic (exact) mass is 203 g/mol. The van der Waals surface area contributed by atoms with Gasteiger partial charge in [0.05, 0.1) is 6.54 Å². The smallest absolute Gasteiger partial charge is 0.244 e. The average molecular weight is 203 g/mol. The topological polar surface area (TPSA) is 46.2 Å². The Morgan fingerprint density at radius 2 is 1.93 bits per heavy atom. The zero-order chi connectivity index (χ0) is 11.1. The Balaban J connectivity index is 2.44. The second kappa shape index (κ2) is 5.75. The third kappa shape index (κ3) is 4.76. The summed E-state index contributed by atoms with van der Waals surface area (Å²) in [6.07, 6.45) is 3.12. The van der Waals surface area contributed by atoms with Gasteiger partial charge in [0, 0.05) is 6.08 Å². The molecule has 0 saturated heterocycles. The van der Waals surface area contributed by atoms with Crippen LogP contribution in [0.25, 0.3) is 6.08 Å². The molecule has 0 aliphatic rings. The molecule has 0 saturated carbocycles. The predicted molar refractivity (Wildman–Crippen MR) is 59.2 cm³/mol. The minimum Gasteiger partial charge on any atom is -0.345 e. The van der Waals surface area contributed by atoms with E-state index in [-0.39, 0.29) is 18.2 Å². The van der Waals surface area contributed by atoms with Gasteiger partial charge in [-0.15, -0.1) is 0 Å². The minimum atomic E-state index is -0.256. The Bertz CT molecular complexity index is 368. The third-order valence-corrected chi connectivity index (χ3v) is 1.74. The number of carbonyl (C=O) groups is 2. The molecule has 1 aromatic carbocycles. The van der Waals surface area contributed by atoms with Crippen LogP contribution in [0.15, 0.2) is 36.4 Å². The summed E-state index contributed by atoms with van der Waals surface area (Å²) < 4.78 is 0. The predicted octanol–water partition coefficient (Wildman–Crippen LogP) is 1.41. The van der Waals surface area contributed by atoms with Gasteiger partial charge in [0.1, 0.15) is 5.78 Å². The molecule has 0 heterocycles. The highest BCUT2D eigenvalue weighted by Crippen LogP contribution is 2.00. The molecule has 0 unspecified atom stereocenters. The van der Waals surface area contributed by atoms with Crippen molar-refractivity contribution in [1.29, 1.82) is 0 Å². The van der Waals surface area contributed by atoms with Crippen molar-refractivity contribution in [2.45, 2.75) is 6.92 Å². The Labute approximate surface area is 88.8 Å². The normalized spacial score (nSPS) is 10.2. The molecule has 3 nitrogen and oxygen atoms in total. The quantitative estimate of drug-likeness (QED) is 0.752. The van der Waals surface area contributed by atoms with Crippen molar-refractivity contribution in [1.82, 2.24) is 5.32 Å². The van der Waals surface area contributed by atoms with Crippen molar-refractivity contribution in [3.8, 4) is 0 Å². The highest BCUT2D eigenvalue weighted by atomic mass is 16.2. The molecule has 1 amide bonds. The lowest BCUT2D eigenvalue weighted by molar-refractivity contribution is -0.121. The first-order valence-corrected chi connectivity index (χ1v) is 4.69. The van der Waals surface area contributed by atoms with Gasteiger partial charge in [0.25, 0.3) is 0 Å². The zero-order valence-electron chi connectivity index (χ0n) is 8.57. The maximum Gasteiger partial charge on any atom is 0.244 e. The second-order valence-corrected chi connectivity index (χ2v) is 3.16. The zero-order valence-corrected chi connectivity index (χ0v) is 8.57. The molecule has 0 radical (unpaired) electrons. The van der Waals surface area contributed by atoms with Gasteiger partial charge < -0.3 is 5.32 Å². The number of rotatable bonds is 4. The van der Waals surface area contributed by atoms with Gasteiger partial charge in [-0.1, -0.05) is 30.3 Å². The molecule has 0 fully saturated rings. The number of amides is 1. The van der Waals surface area contributed by atoms with Crippen LogP contribution in [0, 0.1) is 0 Å². The summed E-state index contributed by atoms with van der Waals surface area (Å²) >= 11 is 0. The van der Waals surface area contributed by atoms with E-state index in [1.54, 1.807) is 6.08 Å². The van der Waals surface area contributed by atoms with E-state index in [2.05, 4.69) is 5.32 Å². The number of hydrogen-bond donors (Lipinski definition) is 1. The van der Waals surface area contributed by atoms with E-state index >= 15 is 0 Å². The highest BCUT2D eigenvalue weighted by molar-refractivity contribution is 5.94. The molecule has 0 bridgehead atoms. The Morgan fingerprint density at radius 1 is 1.27 bits per heavy atom. The summed E-state index contributed by atoms with van der Waals surface area (Å²) in [7, 11) is 0. The van der Waals surface area contributed by atoms with Crippen molar-refractivity contribution in [2.24, 2.45) is 0 Å². The van der Waals surface area contributed by atoms with E-state index in [9.17, 15) is 9.59 Å². The molecule has 15 heavy (non-hydrogen) atoms. The summed E-state index contributed by atoms with van der Waals surface area (Å²) in [5, 5.41) is 2.48. The van der Waals surface area contributed by atoms with E-state index in [1.807, 2.05) is 30.3 Å². The lowest BCUT2D eigenvalue weighted by Gasteiger charge is -1.96. The summed E-state index contributed by atoms with van der Waals surface area (Å²) in [5.74, 6) is -0.314. The number of nitrogens with one attached hydrogen (secondary N) is 1. The maximum absolute atomic E-state index is 11.2. The standard InChI is InChI=1S/C12H13NO2/c1-10(14)9-13-12(15)8-7-11-5-3-2-4-6-11/h2-8H,9H2,1H3,(H,13,15)/b8-7+. The first kappa shape index (κ1) is 11.2. The maximum atomic E-state index is 11.2. The van der Waals surface area contributed by atoms with E-state index in [4.69, 9.17) is 0 Å². The highest BCUT2D eigenvalue weighted by Gasteiger charge is 1.96. The van der Waals surface area contributed by atoms with E-state index < -0.39 is 0 Å². The van der Waals surface area contributed by atoms with Crippen LogP contribution < -0.4 is 5.32 Å². The van der Waals surface area contributed by atoms with Gasteiger partial charge >= 0.3 is 0 Å². The van der Waals surface area contributed by atoms with Gasteiger partial charge in [-0.3, -0.25) is 9.59 Å². The third-order valence-electron chi connectivity index (χ3n) is 1.74. The first-order chi connectivity index (χ1) is 7.18. The van der Waals surface area contributed by atoms with Crippen LogP contribution in [0.3, 0.4) is 0 Å². The molecule has 0 aliphatic heterocycles. The molecule has 0 atom stereocenters. The van der Waals surface area contributed by atoms with Crippen LogP contribution in [0.1, 0.15) is 12.5 Å². The molecule has 78 valence electrons. The van der Waals surface area contributed by atoms with Crippen LogP contribution in [-0.2, 0) is 9.59 Å². The Kier molecular flexibility index (Phi) is 4.29. The summed E-state index contributed by atoms with van der Waals surface area (Å²) in [5.41, 5.74) is 0.954. The van der Waals surface area contributed by atoms with Crippen LogP contribution >= 0.6 is 0 Å². The van der Waals surface area contributed by atoms with Gasteiger partial charge in [0.2, 0.25) is 5.91 Å². The van der Waals surface area contributed by atoms with Crippen molar-refractivity contribution in [2.75, 3.05) is 6.54 Å². The lowest BCUT2D eigenvalue weighted by atomic mass is 10.2. The van der Waals surface area contributed by atoms with Crippen LogP contribution in [0.4, 0.5) is 0 Å². The Hall–Kier alpha value is -1.90. The van der Waals surface area contributed by atoms with Gasteiger partial charge in [-0.2, -0.15) is 0 Å². The molecule has 1 N–H and O–H groups in total. The largest absolute Gasteiger partial charge is 0.345 e. The van der Waals surface area contributed by atoms with Crippen molar-refractivity contribution >= 4 is 17.8 Å². The molecule has 0 aliphatic carbocycles. The molecule has 3 heteroatoms. The minimum absolute atomic E-state index is 0.0588. The fourth-order valence-corrected chi connectivity index (χ4v) is 1.01. The van der Waals surface area contributed by atoms with E-state index in [0.717, 1.165) is 5.56 Å². The number of hydrogen-bond acceptors (Lipinski definition) is 2. The molecular formula is C12H13NO2. The van der Waals surface area contributed by atoms with Crippen molar-refractivity contribution in [3.05, 3.63) is 42.0 Å². The number of benzene rings is 1. The summed E-state index contributed by atoms with van der Waals surface area (Å²) in [6, 6.07) is 9.50. The summed E-state index contributed by atoms with van der Waals surface area (Å²) in [6.45, 7) is 1.51. The number of ketones is 1. The SMILES string of the molecule is CC(=O)CNC(=O)/C=C/c1ccccc1. The number of Topliss-reactive ketones (excluding diaryl/α,β-unsaturated/α-hetero) is 1. The van der Waals surface area contributed by atoms with Crippen LogP contribution in [0.2, 0.25) is 0 Å². The Morgan fingerprint density at radius 3 is 2.53 bits per heavy atom. The molecule has 1 aromatic rings.